The van der Waals surface area contributed by atoms with Crippen molar-refractivity contribution >= 4 is 39.5 Å². The van der Waals surface area contributed by atoms with Gasteiger partial charge in [-0.1, -0.05) is 6.58 Å². The van der Waals surface area contributed by atoms with Crippen molar-refractivity contribution in [2.75, 3.05) is 11.9 Å². The van der Waals surface area contributed by atoms with Crippen LogP contribution < -0.4 is 10.1 Å². The van der Waals surface area contributed by atoms with Crippen molar-refractivity contribution in [3.63, 3.8) is 0 Å². The molecule has 1 aliphatic heterocycles. The molecular weight excluding hydrogens is 509 g/mol. The lowest BCUT2D eigenvalue weighted by atomic mass is 10.0. The van der Waals surface area contributed by atoms with E-state index < -0.39 is 5.82 Å². The molecule has 6 rings (SSSR count). The average Bonchev–Trinajstić information content (AvgIpc) is 3.54. The maximum Gasteiger partial charge on any atom is 0.246 e. The van der Waals surface area contributed by atoms with Gasteiger partial charge < -0.3 is 19.5 Å². The minimum absolute atomic E-state index is 0.0667. The summed E-state index contributed by atoms with van der Waals surface area (Å²) in [5, 5.41) is 3.10. The number of likely N-dealkylation sites (tertiary alicyclic amines) is 1. The van der Waals surface area contributed by atoms with Crippen molar-refractivity contribution in [2.45, 2.75) is 32.2 Å². The molecule has 0 saturated carbocycles. The third kappa shape index (κ3) is 4.51. The van der Waals surface area contributed by atoms with Gasteiger partial charge in [-0.15, -0.1) is 0 Å². The molecule has 1 fully saturated rings. The van der Waals surface area contributed by atoms with Gasteiger partial charge in [-0.3, -0.25) is 4.79 Å². The van der Waals surface area contributed by atoms with Crippen LogP contribution in [0.15, 0.2) is 67.8 Å². The molecule has 1 aliphatic rings. The summed E-state index contributed by atoms with van der Waals surface area (Å²) in [5.74, 6) is 0.893. The highest BCUT2D eigenvalue weighted by Gasteiger charge is 2.33. The molecule has 3 aromatic heterocycles. The number of nitrogens with one attached hydrogen (secondary N) is 1. The molecule has 2 atom stereocenters. The van der Waals surface area contributed by atoms with Gasteiger partial charge in [0.15, 0.2) is 11.6 Å². The molecule has 9 nitrogen and oxygen atoms in total. The fourth-order valence-corrected chi connectivity index (χ4v) is 5.25. The van der Waals surface area contributed by atoms with E-state index in [1.807, 2.05) is 48.9 Å². The summed E-state index contributed by atoms with van der Waals surface area (Å²) in [5.41, 5.74) is 4.37. The number of fused-ring (bicyclic) bond motifs is 2. The van der Waals surface area contributed by atoms with E-state index in [1.54, 1.807) is 30.3 Å². The fourth-order valence-electron chi connectivity index (χ4n) is 5.25. The van der Waals surface area contributed by atoms with E-state index in [0.29, 0.717) is 40.5 Å². The second-order valence-electron chi connectivity index (χ2n) is 10.1. The molecule has 1 unspecified atom stereocenters. The maximum absolute atomic E-state index is 15.6. The zero-order valence-corrected chi connectivity index (χ0v) is 22.4. The van der Waals surface area contributed by atoms with E-state index in [-0.39, 0.29) is 23.6 Å². The van der Waals surface area contributed by atoms with Crippen LogP contribution in [0, 0.1) is 12.7 Å². The highest BCUT2D eigenvalue weighted by molar-refractivity contribution is 5.88. The molecule has 40 heavy (non-hydrogen) atoms. The van der Waals surface area contributed by atoms with Crippen LogP contribution in [0.3, 0.4) is 0 Å². The number of halogens is 1. The normalized spacial score (nSPS) is 16.9. The van der Waals surface area contributed by atoms with Gasteiger partial charge in [-0.05, 0) is 62.7 Å². The second kappa shape index (κ2) is 10.0. The number of imidazole rings is 1. The number of carbonyl (C=O) groups is 1. The Balaban J connectivity index is 1.27. The van der Waals surface area contributed by atoms with E-state index in [9.17, 15) is 4.79 Å². The van der Waals surface area contributed by atoms with Crippen LogP contribution in [-0.2, 0) is 11.8 Å². The molecule has 0 radical (unpaired) electrons. The smallest absolute Gasteiger partial charge is 0.246 e. The number of benzene rings is 2. The van der Waals surface area contributed by atoms with E-state index in [4.69, 9.17) is 9.72 Å². The number of ether oxygens (including phenoxy) is 1. The highest BCUT2D eigenvalue weighted by atomic mass is 19.1. The van der Waals surface area contributed by atoms with Crippen LogP contribution in [0.5, 0.6) is 11.5 Å². The summed E-state index contributed by atoms with van der Waals surface area (Å²) in [4.78, 5) is 31.9. The number of amides is 1. The summed E-state index contributed by atoms with van der Waals surface area (Å²) in [6.07, 6.45) is 5.29. The van der Waals surface area contributed by atoms with E-state index in [0.717, 1.165) is 23.1 Å². The van der Waals surface area contributed by atoms with Gasteiger partial charge in [0.1, 0.15) is 23.3 Å². The lowest BCUT2D eigenvalue weighted by Crippen LogP contribution is -2.32. The molecule has 1 amide bonds. The summed E-state index contributed by atoms with van der Waals surface area (Å²) < 4.78 is 23.5. The Morgan fingerprint density at radius 2 is 2.00 bits per heavy atom. The molecule has 0 bridgehead atoms. The van der Waals surface area contributed by atoms with Crippen molar-refractivity contribution in [1.82, 2.24) is 29.4 Å². The third-order valence-electron chi connectivity index (χ3n) is 7.47. The Labute approximate surface area is 230 Å². The van der Waals surface area contributed by atoms with E-state index in [2.05, 4.69) is 26.8 Å². The fraction of sp³-hybridized carbons (Fsp3) is 0.233. The Morgan fingerprint density at radius 3 is 2.83 bits per heavy atom. The van der Waals surface area contributed by atoms with Crippen molar-refractivity contribution < 1.29 is 13.9 Å². The van der Waals surface area contributed by atoms with Crippen molar-refractivity contribution in [3.05, 3.63) is 84.8 Å². The van der Waals surface area contributed by atoms with Gasteiger partial charge in [0.25, 0.3) is 0 Å². The number of pyridine rings is 1. The highest BCUT2D eigenvalue weighted by Crippen LogP contribution is 2.35. The summed E-state index contributed by atoms with van der Waals surface area (Å²) >= 11 is 0. The van der Waals surface area contributed by atoms with Crippen LogP contribution in [0.4, 0.5) is 15.9 Å². The summed E-state index contributed by atoms with van der Waals surface area (Å²) in [6.45, 7) is 7.86. The lowest BCUT2D eigenvalue weighted by Gasteiger charge is -2.19. The number of aromatic nitrogens is 5. The summed E-state index contributed by atoms with van der Waals surface area (Å²) in [7, 11) is 1.92. The number of hydrogen-bond acceptors (Lipinski definition) is 7. The predicted octanol–water partition coefficient (Wildman–Crippen LogP) is 5.79. The number of nitrogens with zero attached hydrogens (tertiary/aromatic N) is 6. The Hall–Kier alpha value is -4.86. The van der Waals surface area contributed by atoms with Crippen molar-refractivity contribution in [3.8, 4) is 11.5 Å². The quantitative estimate of drug-likeness (QED) is 0.274. The first kappa shape index (κ1) is 25.4. The Bertz CT molecular complexity index is 1780. The number of aryl methyl sites for hydroxylation is 1. The van der Waals surface area contributed by atoms with Gasteiger partial charge in [-0.25, -0.2) is 24.3 Å². The topological polar surface area (TPSA) is 98.1 Å². The van der Waals surface area contributed by atoms with Crippen LogP contribution in [0.1, 0.15) is 30.5 Å². The van der Waals surface area contributed by atoms with Crippen LogP contribution in [-0.4, -0.2) is 47.9 Å². The first-order valence-electron chi connectivity index (χ1n) is 13.0. The standard InChI is InChI=1S/C30H28FN7O2/c1-5-27(39)38-14-19(12-17(38)2)21-7-8-23-29(35-21)30(33-15-32-23)36-22-9-11-26(18(3)28(22)31)40-20-6-10-25-24(13-20)34-16-37(25)4/h5-11,13,15-17,19H,1,12,14H2,2-4H3,(H,32,33,36)/t17-,19?/m1/s1. The molecular formula is C30H28FN7O2. The molecule has 1 N–H and O–H groups in total. The van der Waals surface area contributed by atoms with Crippen LogP contribution in [0.25, 0.3) is 22.1 Å². The molecule has 0 spiro atoms. The number of rotatable bonds is 6. The van der Waals surface area contributed by atoms with E-state index >= 15 is 4.39 Å². The van der Waals surface area contributed by atoms with E-state index in [1.165, 1.54) is 12.4 Å². The average molecular weight is 538 g/mol. The molecule has 10 heteroatoms. The van der Waals surface area contributed by atoms with Gasteiger partial charge in [0.2, 0.25) is 5.91 Å². The first-order valence-corrected chi connectivity index (χ1v) is 13.0. The number of hydrogen-bond donors (Lipinski definition) is 1. The van der Waals surface area contributed by atoms with Gasteiger partial charge in [0, 0.05) is 42.9 Å². The maximum atomic E-state index is 15.6. The van der Waals surface area contributed by atoms with Crippen molar-refractivity contribution in [1.29, 1.82) is 0 Å². The SMILES string of the molecule is C=CC(=O)N1CC(c2ccc3ncnc(Nc4ccc(Oc5ccc6c(c5)ncn6C)c(C)c4F)c3n2)C[C@H]1C. The lowest BCUT2D eigenvalue weighted by molar-refractivity contribution is -0.126. The van der Waals surface area contributed by atoms with Crippen LogP contribution in [0.2, 0.25) is 0 Å². The largest absolute Gasteiger partial charge is 0.457 e. The molecule has 1 saturated heterocycles. The monoisotopic (exact) mass is 537 g/mol. The molecule has 202 valence electrons. The zero-order chi connectivity index (χ0) is 28.0. The van der Waals surface area contributed by atoms with Gasteiger partial charge in [0.05, 0.1) is 28.6 Å². The minimum atomic E-state index is -0.456. The molecule has 5 aromatic rings. The third-order valence-corrected chi connectivity index (χ3v) is 7.47. The Morgan fingerprint density at radius 1 is 1.15 bits per heavy atom. The molecule has 4 heterocycles. The van der Waals surface area contributed by atoms with Crippen molar-refractivity contribution in [2.24, 2.45) is 7.05 Å². The van der Waals surface area contributed by atoms with Crippen LogP contribution >= 0.6 is 0 Å². The molecule has 0 aliphatic carbocycles. The number of anilines is 2. The second-order valence-corrected chi connectivity index (χ2v) is 10.1. The number of carbonyl (C=O) groups excluding carboxylic acids is 1. The van der Waals surface area contributed by atoms with Gasteiger partial charge in [-0.2, -0.15) is 0 Å². The molecule has 2 aromatic carbocycles. The van der Waals surface area contributed by atoms with Gasteiger partial charge >= 0.3 is 0 Å². The first-order chi connectivity index (χ1) is 19.3. The summed E-state index contributed by atoms with van der Waals surface area (Å²) in [6, 6.07) is 12.8. The predicted molar refractivity (Wildman–Crippen MR) is 151 cm³/mol. The minimum Gasteiger partial charge on any atom is -0.457 e. The Kier molecular flexibility index (Phi) is 6.37. The zero-order valence-electron chi connectivity index (χ0n) is 22.4.